The van der Waals surface area contributed by atoms with Crippen molar-refractivity contribution in [1.29, 1.82) is 0 Å². The van der Waals surface area contributed by atoms with Crippen LogP contribution in [-0.2, 0) is 0 Å². The second-order valence-corrected chi connectivity index (χ2v) is 4.22. The van der Waals surface area contributed by atoms with E-state index in [1.165, 1.54) is 6.07 Å². The zero-order valence-electron chi connectivity index (χ0n) is 8.84. The minimum Gasteiger partial charge on any atom is -0.423 e. The topological polar surface area (TPSA) is 38.1 Å². The minimum absolute atomic E-state index is 0.329. The molecule has 0 spiro atoms. The summed E-state index contributed by atoms with van der Waals surface area (Å²) in [6.45, 7) is 1.78. The average molecular weight is 285 g/mol. The van der Waals surface area contributed by atoms with Crippen molar-refractivity contribution in [3.8, 4) is 11.3 Å². The molecule has 1 heterocycles. The SMILES string of the molecule is CNc1nc(C)c(-c2cc(Br)ccc2F)o1. The summed E-state index contributed by atoms with van der Waals surface area (Å²) in [4.78, 5) is 4.12. The van der Waals surface area contributed by atoms with E-state index in [0.29, 0.717) is 23.0 Å². The molecule has 2 aromatic rings. The highest BCUT2D eigenvalue weighted by Crippen LogP contribution is 2.30. The molecule has 0 aliphatic heterocycles. The van der Waals surface area contributed by atoms with Gasteiger partial charge in [0.05, 0.1) is 11.3 Å². The Bertz CT molecular complexity index is 525. The molecule has 1 N–H and O–H groups in total. The number of oxazole rings is 1. The Labute approximate surface area is 101 Å². The third-order valence-electron chi connectivity index (χ3n) is 2.18. The Morgan fingerprint density at radius 3 is 2.81 bits per heavy atom. The van der Waals surface area contributed by atoms with E-state index >= 15 is 0 Å². The molecule has 0 fully saturated rings. The Morgan fingerprint density at radius 2 is 2.19 bits per heavy atom. The third-order valence-corrected chi connectivity index (χ3v) is 2.68. The van der Waals surface area contributed by atoms with Crippen LogP contribution in [0.15, 0.2) is 27.1 Å². The normalized spacial score (nSPS) is 10.5. The van der Waals surface area contributed by atoms with Gasteiger partial charge in [-0.3, -0.25) is 0 Å². The molecule has 1 aromatic heterocycles. The van der Waals surface area contributed by atoms with Gasteiger partial charge in [-0.15, -0.1) is 0 Å². The number of nitrogens with zero attached hydrogens (tertiary/aromatic N) is 1. The van der Waals surface area contributed by atoms with E-state index in [9.17, 15) is 4.39 Å². The molecule has 0 amide bonds. The van der Waals surface area contributed by atoms with E-state index in [4.69, 9.17) is 4.42 Å². The second kappa shape index (κ2) is 4.25. The van der Waals surface area contributed by atoms with Crippen LogP contribution in [0.4, 0.5) is 10.4 Å². The van der Waals surface area contributed by atoms with Crippen LogP contribution in [-0.4, -0.2) is 12.0 Å². The smallest absolute Gasteiger partial charge is 0.295 e. The highest BCUT2D eigenvalue weighted by Gasteiger charge is 2.15. The van der Waals surface area contributed by atoms with Gasteiger partial charge in [-0.25, -0.2) is 4.39 Å². The number of hydrogen-bond acceptors (Lipinski definition) is 3. The van der Waals surface area contributed by atoms with Gasteiger partial charge in [0.2, 0.25) is 0 Å². The highest BCUT2D eigenvalue weighted by atomic mass is 79.9. The summed E-state index contributed by atoms with van der Waals surface area (Å²) < 4.78 is 19.8. The number of aryl methyl sites for hydroxylation is 1. The Kier molecular flexibility index (Phi) is 2.96. The van der Waals surface area contributed by atoms with E-state index < -0.39 is 0 Å². The maximum absolute atomic E-state index is 13.6. The number of nitrogens with one attached hydrogen (secondary N) is 1. The van der Waals surface area contributed by atoms with Gasteiger partial charge in [-0.1, -0.05) is 15.9 Å². The van der Waals surface area contributed by atoms with Crippen molar-refractivity contribution in [1.82, 2.24) is 4.98 Å². The fourth-order valence-electron chi connectivity index (χ4n) is 1.42. The van der Waals surface area contributed by atoms with Crippen LogP contribution >= 0.6 is 15.9 Å². The molecule has 0 aliphatic carbocycles. The van der Waals surface area contributed by atoms with Crippen molar-refractivity contribution in [2.75, 3.05) is 12.4 Å². The predicted molar refractivity (Wildman–Crippen MR) is 63.9 cm³/mol. The van der Waals surface area contributed by atoms with Gasteiger partial charge in [-0.2, -0.15) is 4.98 Å². The zero-order chi connectivity index (χ0) is 11.7. The van der Waals surface area contributed by atoms with Crippen LogP contribution in [0.3, 0.4) is 0 Å². The van der Waals surface area contributed by atoms with Crippen molar-refractivity contribution in [2.24, 2.45) is 0 Å². The molecule has 0 saturated heterocycles. The molecule has 1 aromatic carbocycles. The lowest BCUT2D eigenvalue weighted by Crippen LogP contribution is -1.85. The van der Waals surface area contributed by atoms with Crippen LogP contribution in [0.5, 0.6) is 0 Å². The molecular weight excluding hydrogens is 275 g/mol. The maximum Gasteiger partial charge on any atom is 0.295 e. The zero-order valence-corrected chi connectivity index (χ0v) is 10.4. The number of aromatic nitrogens is 1. The predicted octanol–water partition coefficient (Wildman–Crippen LogP) is 3.59. The largest absolute Gasteiger partial charge is 0.423 e. The van der Waals surface area contributed by atoms with Crippen LogP contribution in [0.25, 0.3) is 11.3 Å². The molecule has 84 valence electrons. The van der Waals surface area contributed by atoms with Crippen LogP contribution in [0.2, 0.25) is 0 Å². The van der Waals surface area contributed by atoms with E-state index in [0.717, 1.165) is 4.47 Å². The van der Waals surface area contributed by atoms with Crippen molar-refractivity contribution < 1.29 is 8.81 Å². The Morgan fingerprint density at radius 1 is 1.44 bits per heavy atom. The summed E-state index contributed by atoms with van der Waals surface area (Å²) in [5.74, 6) is 0.119. The molecule has 0 aliphatic rings. The summed E-state index contributed by atoms with van der Waals surface area (Å²) in [7, 11) is 1.70. The van der Waals surface area contributed by atoms with Gasteiger partial charge in [0.15, 0.2) is 5.76 Å². The van der Waals surface area contributed by atoms with Crippen LogP contribution in [0.1, 0.15) is 5.69 Å². The van der Waals surface area contributed by atoms with Crippen LogP contribution < -0.4 is 5.32 Å². The first kappa shape index (κ1) is 11.1. The minimum atomic E-state index is -0.329. The number of hydrogen-bond donors (Lipinski definition) is 1. The fraction of sp³-hybridized carbons (Fsp3) is 0.182. The molecular formula is C11H10BrFN2O. The van der Waals surface area contributed by atoms with Gasteiger partial charge < -0.3 is 9.73 Å². The number of halogens is 2. The van der Waals surface area contributed by atoms with Gasteiger partial charge in [0.1, 0.15) is 5.82 Å². The van der Waals surface area contributed by atoms with Gasteiger partial charge in [0.25, 0.3) is 6.01 Å². The standard InChI is InChI=1S/C11H10BrFN2O/c1-6-10(16-11(14-2)15-6)8-5-7(12)3-4-9(8)13/h3-5H,1-2H3,(H,14,15). The van der Waals surface area contributed by atoms with Crippen molar-refractivity contribution >= 4 is 21.9 Å². The lowest BCUT2D eigenvalue weighted by atomic mass is 10.1. The summed E-state index contributed by atoms with van der Waals surface area (Å²) in [5.41, 5.74) is 1.06. The average Bonchev–Trinajstić information content (AvgIpc) is 2.63. The van der Waals surface area contributed by atoms with E-state index in [2.05, 4.69) is 26.2 Å². The molecule has 3 nitrogen and oxygen atoms in total. The molecule has 0 atom stereocenters. The molecule has 0 saturated carbocycles. The van der Waals surface area contributed by atoms with Gasteiger partial charge in [0, 0.05) is 11.5 Å². The Balaban J connectivity index is 2.57. The number of anilines is 1. The van der Waals surface area contributed by atoms with Crippen molar-refractivity contribution in [3.63, 3.8) is 0 Å². The van der Waals surface area contributed by atoms with Crippen LogP contribution in [0, 0.1) is 12.7 Å². The first-order valence-electron chi connectivity index (χ1n) is 4.72. The lowest BCUT2D eigenvalue weighted by molar-refractivity contribution is 0.575. The van der Waals surface area contributed by atoms with Crippen molar-refractivity contribution in [2.45, 2.75) is 6.92 Å². The van der Waals surface area contributed by atoms with E-state index in [-0.39, 0.29) is 5.82 Å². The molecule has 0 unspecified atom stereocenters. The molecule has 5 heteroatoms. The number of benzene rings is 1. The van der Waals surface area contributed by atoms with E-state index in [1.54, 1.807) is 26.1 Å². The van der Waals surface area contributed by atoms with Gasteiger partial charge in [-0.05, 0) is 25.1 Å². The molecule has 0 radical (unpaired) electrons. The monoisotopic (exact) mass is 284 g/mol. The molecule has 0 bridgehead atoms. The maximum atomic E-state index is 13.6. The summed E-state index contributed by atoms with van der Waals surface area (Å²) >= 11 is 3.30. The van der Waals surface area contributed by atoms with Gasteiger partial charge >= 0.3 is 0 Å². The van der Waals surface area contributed by atoms with Crippen molar-refractivity contribution in [3.05, 3.63) is 34.2 Å². The quantitative estimate of drug-likeness (QED) is 0.916. The first-order valence-corrected chi connectivity index (χ1v) is 5.51. The molecule has 16 heavy (non-hydrogen) atoms. The first-order chi connectivity index (χ1) is 7.61. The summed E-state index contributed by atoms with van der Waals surface area (Å²) in [5, 5.41) is 2.78. The fourth-order valence-corrected chi connectivity index (χ4v) is 1.79. The summed E-state index contributed by atoms with van der Waals surface area (Å²) in [6.07, 6.45) is 0. The Hall–Kier alpha value is -1.36. The summed E-state index contributed by atoms with van der Waals surface area (Å²) in [6, 6.07) is 5.08. The number of rotatable bonds is 2. The molecule has 2 rings (SSSR count). The third kappa shape index (κ3) is 1.95. The lowest BCUT2D eigenvalue weighted by Gasteiger charge is -2.00. The van der Waals surface area contributed by atoms with E-state index in [1.807, 2.05) is 0 Å². The highest BCUT2D eigenvalue weighted by molar-refractivity contribution is 9.10. The second-order valence-electron chi connectivity index (χ2n) is 3.31.